The number of benzene rings is 1. The molecule has 1 heterocycles. The number of carbonyl (C=O) groups is 1. The minimum absolute atomic E-state index is 0.0536. The molecule has 1 aliphatic rings. The summed E-state index contributed by atoms with van der Waals surface area (Å²) in [6, 6.07) is 3.53. The zero-order valence-electron chi connectivity index (χ0n) is 11.3. The van der Waals surface area contributed by atoms with E-state index in [4.69, 9.17) is 14.9 Å². The topological polar surface area (TPSA) is 74.7 Å². The van der Waals surface area contributed by atoms with Gasteiger partial charge in [0.2, 0.25) is 5.96 Å². The third-order valence-corrected chi connectivity index (χ3v) is 3.64. The fraction of sp³-hybridized carbons (Fsp3) is 0.231. The molecule has 2 rings (SSSR count). The summed E-state index contributed by atoms with van der Waals surface area (Å²) in [4.78, 5) is 13.2. The molecule has 0 aromatic heterocycles. The predicted octanol–water partition coefficient (Wildman–Crippen LogP) is 1.80. The lowest BCUT2D eigenvalue weighted by Crippen LogP contribution is -2.25. The summed E-state index contributed by atoms with van der Waals surface area (Å²) >= 11 is 3.43. The van der Waals surface area contributed by atoms with Crippen molar-refractivity contribution in [2.24, 2.45) is 0 Å². The van der Waals surface area contributed by atoms with E-state index in [1.165, 1.54) is 4.90 Å². The zero-order chi connectivity index (χ0) is 14.9. The van der Waals surface area contributed by atoms with Crippen molar-refractivity contribution in [3.8, 4) is 11.5 Å². The van der Waals surface area contributed by atoms with Crippen molar-refractivity contribution in [3.63, 3.8) is 0 Å². The first-order chi connectivity index (χ1) is 9.47. The summed E-state index contributed by atoms with van der Waals surface area (Å²) in [7, 11) is 4.76. The second-order valence-corrected chi connectivity index (χ2v) is 4.97. The number of amides is 1. The summed E-state index contributed by atoms with van der Waals surface area (Å²) in [6.07, 6.45) is 1.68. The van der Waals surface area contributed by atoms with E-state index in [9.17, 15) is 4.79 Å². The molecule has 1 saturated heterocycles. The molecule has 0 radical (unpaired) electrons. The van der Waals surface area contributed by atoms with Crippen LogP contribution in [0.1, 0.15) is 5.56 Å². The van der Waals surface area contributed by atoms with E-state index >= 15 is 0 Å². The molecule has 0 atom stereocenters. The number of hydrogen-bond acceptors (Lipinski definition) is 4. The van der Waals surface area contributed by atoms with Crippen molar-refractivity contribution in [1.29, 1.82) is 5.41 Å². The number of halogens is 1. The number of guanidine groups is 1. The van der Waals surface area contributed by atoms with Gasteiger partial charge in [0.25, 0.3) is 5.91 Å². The van der Waals surface area contributed by atoms with Gasteiger partial charge in [0.05, 0.1) is 14.2 Å². The summed E-state index contributed by atoms with van der Waals surface area (Å²) < 4.78 is 11.2. The van der Waals surface area contributed by atoms with Gasteiger partial charge in [0, 0.05) is 11.5 Å². The SMILES string of the molecule is COc1cc(Br)c(C=C2C(=O)NC(=N)N2C)cc1OC. The van der Waals surface area contributed by atoms with Gasteiger partial charge < -0.3 is 14.4 Å². The number of nitrogens with one attached hydrogen (secondary N) is 2. The van der Waals surface area contributed by atoms with Crippen LogP contribution in [0.3, 0.4) is 0 Å². The Morgan fingerprint density at radius 2 is 1.90 bits per heavy atom. The number of hydrogen-bond donors (Lipinski definition) is 2. The Morgan fingerprint density at radius 1 is 1.30 bits per heavy atom. The van der Waals surface area contributed by atoms with Crippen LogP contribution in [0, 0.1) is 5.41 Å². The van der Waals surface area contributed by atoms with Crippen LogP contribution in [0.15, 0.2) is 22.3 Å². The van der Waals surface area contributed by atoms with Crippen molar-refractivity contribution in [2.75, 3.05) is 21.3 Å². The summed E-state index contributed by atoms with van der Waals surface area (Å²) in [6.45, 7) is 0. The normalized spacial score (nSPS) is 16.6. The molecule has 7 heteroatoms. The summed E-state index contributed by atoms with van der Waals surface area (Å²) in [5, 5.41) is 10.0. The Labute approximate surface area is 125 Å². The van der Waals surface area contributed by atoms with Crippen LogP contribution in [0.2, 0.25) is 0 Å². The molecule has 1 amide bonds. The highest BCUT2D eigenvalue weighted by Gasteiger charge is 2.27. The lowest BCUT2D eigenvalue weighted by Gasteiger charge is -2.12. The third kappa shape index (κ3) is 2.49. The molecule has 6 nitrogen and oxygen atoms in total. The van der Waals surface area contributed by atoms with Crippen LogP contribution in [-0.4, -0.2) is 38.0 Å². The first kappa shape index (κ1) is 14.4. The van der Waals surface area contributed by atoms with Crippen molar-refractivity contribution < 1.29 is 14.3 Å². The average Bonchev–Trinajstić information content (AvgIpc) is 2.66. The number of methoxy groups -OCH3 is 2. The van der Waals surface area contributed by atoms with Gasteiger partial charge in [0.15, 0.2) is 11.5 Å². The Kier molecular flexibility index (Phi) is 3.99. The van der Waals surface area contributed by atoms with Gasteiger partial charge in [-0.2, -0.15) is 0 Å². The van der Waals surface area contributed by atoms with E-state index in [-0.39, 0.29) is 11.9 Å². The fourth-order valence-corrected chi connectivity index (χ4v) is 2.26. The van der Waals surface area contributed by atoms with Gasteiger partial charge in [-0.1, -0.05) is 15.9 Å². The molecule has 2 N–H and O–H groups in total. The minimum Gasteiger partial charge on any atom is -0.493 e. The van der Waals surface area contributed by atoms with E-state index in [0.717, 1.165) is 10.0 Å². The number of nitrogens with zero attached hydrogens (tertiary/aromatic N) is 1. The second kappa shape index (κ2) is 5.54. The van der Waals surface area contributed by atoms with E-state index in [1.54, 1.807) is 39.5 Å². The second-order valence-electron chi connectivity index (χ2n) is 4.12. The first-order valence-electron chi connectivity index (χ1n) is 5.74. The molecular formula is C13H14BrN3O3. The van der Waals surface area contributed by atoms with Crippen molar-refractivity contribution >= 4 is 33.9 Å². The predicted molar refractivity (Wildman–Crippen MR) is 78.9 cm³/mol. The lowest BCUT2D eigenvalue weighted by atomic mass is 10.1. The molecule has 20 heavy (non-hydrogen) atoms. The summed E-state index contributed by atoms with van der Waals surface area (Å²) in [5.41, 5.74) is 1.15. The van der Waals surface area contributed by atoms with Gasteiger partial charge in [-0.25, -0.2) is 0 Å². The van der Waals surface area contributed by atoms with Crippen LogP contribution in [0.4, 0.5) is 0 Å². The fourth-order valence-electron chi connectivity index (χ4n) is 1.82. The standard InChI is InChI=1S/C13H14BrN3O3/c1-17-9(12(18)16-13(17)15)4-7-5-10(19-2)11(20-3)6-8(7)14/h4-6H,1-3H3,(H2,15,16,18). The number of rotatable bonds is 3. The quantitative estimate of drug-likeness (QED) is 0.823. The summed E-state index contributed by atoms with van der Waals surface area (Å²) in [5.74, 6) is 0.911. The van der Waals surface area contributed by atoms with Crippen molar-refractivity contribution in [2.45, 2.75) is 0 Å². The first-order valence-corrected chi connectivity index (χ1v) is 6.54. The number of carbonyl (C=O) groups excluding carboxylic acids is 1. The van der Waals surface area contributed by atoms with E-state index in [2.05, 4.69) is 21.2 Å². The van der Waals surface area contributed by atoms with Crippen LogP contribution >= 0.6 is 15.9 Å². The molecule has 1 aliphatic heterocycles. The largest absolute Gasteiger partial charge is 0.493 e. The maximum Gasteiger partial charge on any atom is 0.274 e. The van der Waals surface area contributed by atoms with Gasteiger partial charge in [-0.3, -0.25) is 15.5 Å². The average molecular weight is 340 g/mol. The van der Waals surface area contributed by atoms with Crippen LogP contribution in [0.5, 0.6) is 11.5 Å². The molecule has 0 aliphatic carbocycles. The maximum absolute atomic E-state index is 11.8. The van der Waals surface area contributed by atoms with E-state index in [0.29, 0.717) is 17.2 Å². The maximum atomic E-state index is 11.8. The highest BCUT2D eigenvalue weighted by atomic mass is 79.9. The van der Waals surface area contributed by atoms with Crippen molar-refractivity contribution in [1.82, 2.24) is 10.2 Å². The molecule has 0 unspecified atom stereocenters. The van der Waals surface area contributed by atoms with Gasteiger partial charge in [0.1, 0.15) is 5.70 Å². The number of ether oxygens (including phenoxy) is 2. The molecule has 0 saturated carbocycles. The smallest absolute Gasteiger partial charge is 0.274 e. The Balaban J connectivity index is 2.48. The van der Waals surface area contributed by atoms with Gasteiger partial charge >= 0.3 is 0 Å². The monoisotopic (exact) mass is 339 g/mol. The molecule has 1 aromatic carbocycles. The Bertz CT molecular complexity index is 613. The molecule has 1 fully saturated rings. The molecular weight excluding hydrogens is 326 g/mol. The Morgan fingerprint density at radius 3 is 2.40 bits per heavy atom. The van der Waals surface area contributed by atoms with Crippen LogP contribution < -0.4 is 14.8 Å². The van der Waals surface area contributed by atoms with Crippen LogP contribution in [-0.2, 0) is 4.79 Å². The zero-order valence-corrected chi connectivity index (χ0v) is 12.9. The molecule has 0 spiro atoms. The van der Waals surface area contributed by atoms with Crippen LogP contribution in [0.25, 0.3) is 6.08 Å². The minimum atomic E-state index is -0.306. The highest BCUT2D eigenvalue weighted by molar-refractivity contribution is 9.10. The van der Waals surface area contributed by atoms with E-state index in [1.807, 2.05) is 0 Å². The number of likely N-dealkylation sites (N-methyl/N-ethyl adjacent to an activating group) is 1. The highest BCUT2D eigenvalue weighted by Crippen LogP contribution is 2.34. The molecule has 1 aromatic rings. The van der Waals surface area contributed by atoms with E-state index < -0.39 is 0 Å². The van der Waals surface area contributed by atoms with Gasteiger partial charge in [-0.15, -0.1) is 0 Å². The molecule has 106 valence electrons. The third-order valence-electron chi connectivity index (χ3n) is 2.96. The lowest BCUT2D eigenvalue weighted by molar-refractivity contribution is -0.115. The molecule has 0 bridgehead atoms. The van der Waals surface area contributed by atoms with Crippen molar-refractivity contribution in [3.05, 3.63) is 27.9 Å². The van der Waals surface area contributed by atoms with Gasteiger partial charge in [-0.05, 0) is 23.8 Å². The Hall–Kier alpha value is -2.02.